The average Bonchev–Trinajstić information content (AvgIpc) is 2.71. The molecule has 0 saturated heterocycles. The summed E-state index contributed by atoms with van der Waals surface area (Å²) in [4.78, 5) is 18.9. The maximum atomic E-state index is 12.2. The fourth-order valence-corrected chi connectivity index (χ4v) is 3.28. The number of pyridine rings is 1. The zero-order valence-corrected chi connectivity index (χ0v) is 17.1. The van der Waals surface area contributed by atoms with Crippen molar-refractivity contribution in [2.75, 3.05) is 30.3 Å². The van der Waals surface area contributed by atoms with Crippen LogP contribution in [0.3, 0.4) is 0 Å². The normalized spacial score (nSPS) is 10.7. The Morgan fingerprint density at radius 1 is 1.21 bits per heavy atom. The van der Waals surface area contributed by atoms with E-state index in [0.717, 1.165) is 28.0 Å². The van der Waals surface area contributed by atoms with E-state index in [1.165, 1.54) is 0 Å². The van der Waals surface area contributed by atoms with Crippen molar-refractivity contribution in [3.63, 3.8) is 0 Å². The van der Waals surface area contributed by atoms with Crippen LogP contribution in [-0.2, 0) is 4.79 Å². The van der Waals surface area contributed by atoms with E-state index in [-0.39, 0.29) is 5.91 Å². The number of carbonyl (C=O) groups is 1. The van der Waals surface area contributed by atoms with Gasteiger partial charge in [0.15, 0.2) is 0 Å². The van der Waals surface area contributed by atoms with Gasteiger partial charge in [-0.15, -0.1) is 11.6 Å². The topological polar surface area (TPSA) is 54.5 Å². The Hall–Kier alpha value is -2.79. The van der Waals surface area contributed by atoms with E-state index in [4.69, 9.17) is 16.3 Å². The van der Waals surface area contributed by atoms with Crippen molar-refractivity contribution in [2.45, 2.75) is 19.8 Å². The van der Waals surface area contributed by atoms with Gasteiger partial charge in [-0.2, -0.15) is 0 Å². The highest BCUT2D eigenvalue weighted by Gasteiger charge is 2.14. The van der Waals surface area contributed by atoms with Crippen molar-refractivity contribution < 1.29 is 9.53 Å². The fourth-order valence-electron chi connectivity index (χ4n) is 3.14. The number of nitrogens with one attached hydrogen (secondary N) is 1. The Labute approximate surface area is 170 Å². The summed E-state index contributed by atoms with van der Waals surface area (Å²) in [6.45, 7) is 1.99. The molecule has 0 radical (unpaired) electrons. The maximum Gasteiger partial charge on any atom is 0.224 e. The van der Waals surface area contributed by atoms with Crippen LogP contribution in [0.1, 0.15) is 18.5 Å². The lowest BCUT2D eigenvalue weighted by atomic mass is 10.1. The zero-order chi connectivity index (χ0) is 20.1. The van der Waals surface area contributed by atoms with Gasteiger partial charge in [-0.05, 0) is 43.7 Å². The number of ether oxygens (including phenoxy) is 1. The zero-order valence-electron chi connectivity index (χ0n) is 16.3. The van der Waals surface area contributed by atoms with Gasteiger partial charge in [-0.25, -0.2) is 0 Å². The second-order valence-corrected chi connectivity index (χ2v) is 6.96. The highest BCUT2D eigenvalue weighted by Crippen LogP contribution is 2.35. The first-order valence-corrected chi connectivity index (χ1v) is 9.71. The van der Waals surface area contributed by atoms with Gasteiger partial charge >= 0.3 is 0 Å². The van der Waals surface area contributed by atoms with E-state index in [0.29, 0.717) is 30.2 Å². The third-order valence-corrected chi connectivity index (χ3v) is 4.83. The molecule has 1 heterocycles. The van der Waals surface area contributed by atoms with Crippen LogP contribution in [0, 0.1) is 6.92 Å². The molecule has 0 bridgehead atoms. The molecular weight excluding hydrogens is 374 g/mol. The fraction of sp³-hybridized carbons (Fsp3) is 0.273. The van der Waals surface area contributed by atoms with Crippen LogP contribution in [0.15, 0.2) is 48.5 Å². The van der Waals surface area contributed by atoms with Crippen LogP contribution in [0.4, 0.5) is 17.1 Å². The molecule has 146 valence electrons. The summed E-state index contributed by atoms with van der Waals surface area (Å²) in [5, 5.41) is 4.00. The van der Waals surface area contributed by atoms with Crippen molar-refractivity contribution in [2.24, 2.45) is 0 Å². The third-order valence-electron chi connectivity index (χ3n) is 4.57. The minimum Gasteiger partial charge on any atom is -0.495 e. The largest absolute Gasteiger partial charge is 0.495 e. The molecule has 1 amide bonds. The maximum absolute atomic E-state index is 12.2. The van der Waals surface area contributed by atoms with Crippen LogP contribution in [0.5, 0.6) is 5.75 Å². The Morgan fingerprint density at radius 3 is 2.75 bits per heavy atom. The van der Waals surface area contributed by atoms with E-state index in [1.54, 1.807) is 7.11 Å². The summed E-state index contributed by atoms with van der Waals surface area (Å²) in [6, 6.07) is 15.9. The number of carbonyl (C=O) groups excluding carboxylic acids is 1. The molecule has 0 spiro atoms. The number of nitrogens with zero attached hydrogens (tertiary/aromatic N) is 2. The summed E-state index contributed by atoms with van der Waals surface area (Å²) in [5.74, 6) is 0.998. The van der Waals surface area contributed by atoms with Crippen molar-refractivity contribution in [3.8, 4) is 5.75 Å². The summed E-state index contributed by atoms with van der Waals surface area (Å²) in [5.41, 5.74) is 4.52. The van der Waals surface area contributed by atoms with Crippen LogP contribution >= 0.6 is 11.6 Å². The van der Waals surface area contributed by atoms with Crippen molar-refractivity contribution in [1.29, 1.82) is 0 Å². The number of hydrogen-bond donors (Lipinski definition) is 1. The molecule has 0 fully saturated rings. The number of rotatable bonds is 7. The van der Waals surface area contributed by atoms with Crippen LogP contribution in [0.2, 0.25) is 0 Å². The van der Waals surface area contributed by atoms with Gasteiger partial charge in [0.2, 0.25) is 5.91 Å². The summed E-state index contributed by atoms with van der Waals surface area (Å²) < 4.78 is 5.41. The minimum atomic E-state index is -0.0797. The van der Waals surface area contributed by atoms with Gasteiger partial charge in [0.05, 0.1) is 24.0 Å². The molecule has 0 atom stereocenters. The third kappa shape index (κ3) is 4.37. The number of benzene rings is 2. The van der Waals surface area contributed by atoms with E-state index in [1.807, 2.05) is 50.4 Å². The predicted molar refractivity (Wildman–Crippen MR) is 116 cm³/mol. The Kier molecular flexibility index (Phi) is 6.37. The Morgan fingerprint density at radius 2 is 2.00 bits per heavy atom. The number of aryl methyl sites for hydroxylation is 1. The number of fused-ring (bicyclic) bond motifs is 1. The molecule has 3 rings (SSSR count). The number of hydrogen-bond acceptors (Lipinski definition) is 4. The first-order chi connectivity index (χ1) is 13.5. The average molecular weight is 398 g/mol. The second-order valence-electron chi connectivity index (χ2n) is 6.58. The number of halogens is 1. The molecule has 0 aliphatic rings. The molecule has 0 aliphatic carbocycles. The Balaban J connectivity index is 1.97. The van der Waals surface area contributed by atoms with Gasteiger partial charge < -0.3 is 15.0 Å². The standard InChI is InChI=1S/C22H24ClN3O2/c1-15-13-20(17-7-4-5-8-18(17)24-15)26(2)16-10-11-21(28-3)19(14-16)25-22(27)9-6-12-23/h4-5,7-8,10-11,13-14H,6,9,12H2,1-3H3,(H,25,27). The molecule has 1 aromatic heterocycles. The highest BCUT2D eigenvalue weighted by atomic mass is 35.5. The van der Waals surface area contributed by atoms with Crippen molar-refractivity contribution in [3.05, 3.63) is 54.2 Å². The smallest absolute Gasteiger partial charge is 0.224 e. The molecular formula is C22H24ClN3O2. The van der Waals surface area contributed by atoms with Crippen molar-refractivity contribution >= 4 is 45.5 Å². The lowest BCUT2D eigenvalue weighted by Crippen LogP contribution is -2.14. The van der Waals surface area contributed by atoms with Gasteiger partial charge in [0.25, 0.3) is 0 Å². The first kappa shape index (κ1) is 20.0. The molecule has 0 saturated carbocycles. The monoisotopic (exact) mass is 397 g/mol. The first-order valence-electron chi connectivity index (χ1n) is 9.17. The molecule has 0 aliphatic heterocycles. The SMILES string of the molecule is COc1ccc(N(C)c2cc(C)nc3ccccc23)cc1NC(=O)CCCCl. The number of amides is 1. The summed E-state index contributed by atoms with van der Waals surface area (Å²) >= 11 is 5.69. The predicted octanol–water partition coefficient (Wildman–Crippen LogP) is 5.28. The molecule has 6 heteroatoms. The van der Waals surface area contributed by atoms with E-state index < -0.39 is 0 Å². The number of anilines is 3. The number of alkyl halides is 1. The van der Waals surface area contributed by atoms with Crippen molar-refractivity contribution in [1.82, 2.24) is 4.98 Å². The van der Waals surface area contributed by atoms with Crippen LogP contribution < -0.4 is 15.0 Å². The molecule has 5 nitrogen and oxygen atoms in total. The van der Waals surface area contributed by atoms with Gasteiger partial charge in [0, 0.05) is 36.1 Å². The highest BCUT2D eigenvalue weighted by molar-refractivity contribution is 6.18. The van der Waals surface area contributed by atoms with E-state index in [9.17, 15) is 4.79 Å². The molecule has 0 unspecified atom stereocenters. The van der Waals surface area contributed by atoms with Gasteiger partial charge in [-0.1, -0.05) is 18.2 Å². The summed E-state index contributed by atoms with van der Waals surface area (Å²) in [7, 11) is 3.59. The van der Waals surface area contributed by atoms with Crippen LogP contribution in [-0.4, -0.2) is 30.9 Å². The second kappa shape index (κ2) is 8.93. The van der Waals surface area contributed by atoms with E-state index >= 15 is 0 Å². The molecule has 28 heavy (non-hydrogen) atoms. The van der Waals surface area contributed by atoms with Gasteiger partial charge in [0.1, 0.15) is 5.75 Å². The number of para-hydroxylation sites is 1. The molecule has 2 aromatic carbocycles. The minimum absolute atomic E-state index is 0.0797. The Bertz CT molecular complexity index is 991. The summed E-state index contributed by atoms with van der Waals surface area (Å²) in [6.07, 6.45) is 1.01. The van der Waals surface area contributed by atoms with E-state index in [2.05, 4.69) is 27.3 Å². The number of methoxy groups -OCH3 is 1. The molecule has 3 aromatic rings. The number of aromatic nitrogens is 1. The van der Waals surface area contributed by atoms with Gasteiger partial charge in [-0.3, -0.25) is 9.78 Å². The molecule has 1 N–H and O–H groups in total. The van der Waals surface area contributed by atoms with Crippen LogP contribution in [0.25, 0.3) is 10.9 Å². The lowest BCUT2D eigenvalue weighted by Gasteiger charge is -2.23. The lowest BCUT2D eigenvalue weighted by molar-refractivity contribution is -0.116. The quantitative estimate of drug-likeness (QED) is 0.551.